The van der Waals surface area contributed by atoms with E-state index in [1.165, 1.54) is 6.92 Å². The van der Waals surface area contributed by atoms with Gasteiger partial charge in [-0.2, -0.15) is 0 Å². The number of amides is 1. The number of benzene rings is 2. The van der Waals surface area contributed by atoms with Crippen LogP contribution in [-0.4, -0.2) is 31.1 Å². The summed E-state index contributed by atoms with van der Waals surface area (Å²) < 4.78 is 10.4. The van der Waals surface area contributed by atoms with Crippen molar-refractivity contribution in [1.82, 2.24) is 5.32 Å². The number of ether oxygens (including phenoxy) is 2. The van der Waals surface area contributed by atoms with E-state index in [2.05, 4.69) is 5.32 Å². The van der Waals surface area contributed by atoms with E-state index < -0.39 is 12.1 Å². The zero-order valence-corrected chi connectivity index (χ0v) is 12.7. The third kappa shape index (κ3) is 4.22. The molecule has 0 spiro atoms. The number of fused-ring (bicyclic) bond motifs is 1. The quantitative estimate of drug-likeness (QED) is 0.831. The van der Waals surface area contributed by atoms with Gasteiger partial charge in [-0.3, -0.25) is 4.79 Å². The summed E-state index contributed by atoms with van der Waals surface area (Å²) in [6.07, 6.45) is -0.826. The number of carbonyl (C=O) groups excluding carboxylic acids is 2. The Balaban J connectivity index is 1.88. The van der Waals surface area contributed by atoms with E-state index in [0.717, 1.165) is 10.8 Å². The first-order valence-electron chi connectivity index (χ1n) is 7.19. The number of esters is 1. The van der Waals surface area contributed by atoms with Crippen molar-refractivity contribution in [2.45, 2.75) is 20.0 Å². The Morgan fingerprint density at radius 2 is 1.86 bits per heavy atom. The zero-order valence-electron chi connectivity index (χ0n) is 12.7. The Labute approximate surface area is 129 Å². The Hall–Kier alpha value is -2.56. The van der Waals surface area contributed by atoms with Crippen LogP contribution in [0.25, 0.3) is 10.8 Å². The first-order valence-corrected chi connectivity index (χ1v) is 7.19. The second-order valence-electron chi connectivity index (χ2n) is 4.82. The maximum atomic E-state index is 11.7. The van der Waals surface area contributed by atoms with Crippen molar-refractivity contribution >= 4 is 22.6 Å². The molecule has 0 aliphatic heterocycles. The lowest BCUT2D eigenvalue weighted by Crippen LogP contribution is -2.36. The van der Waals surface area contributed by atoms with Crippen LogP contribution in [0.5, 0.6) is 5.75 Å². The molecule has 1 atom stereocenters. The molecule has 0 aliphatic carbocycles. The highest BCUT2D eigenvalue weighted by atomic mass is 16.6. The number of likely N-dealkylation sites (N-methyl/N-ethyl adjacent to an activating group) is 1. The maximum absolute atomic E-state index is 11.7. The Morgan fingerprint density at radius 1 is 1.14 bits per heavy atom. The van der Waals surface area contributed by atoms with Crippen molar-refractivity contribution in [3.05, 3.63) is 42.5 Å². The van der Waals surface area contributed by atoms with Gasteiger partial charge in [0.05, 0.1) is 0 Å². The highest BCUT2D eigenvalue weighted by Crippen LogP contribution is 2.20. The smallest absolute Gasteiger partial charge is 0.344 e. The number of nitrogens with one attached hydrogen (secondary N) is 1. The summed E-state index contributed by atoms with van der Waals surface area (Å²) in [5.41, 5.74) is 0. The van der Waals surface area contributed by atoms with Crippen LogP contribution < -0.4 is 10.1 Å². The van der Waals surface area contributed by atoms with E-state index in [0.29, 0.717) is 12.3 Å². The highest BCUT2D eigenvalue weighted by Gasteiger charge is 2.17. The van der Waals surface area contributed by atoms with E-state index in [1.807, 2.05) is 36.4 Å². The Kier molecular flexibility index (Phi) is 5.36. The molecule has 0 fully saturated rings. The molecule has 0 saturated carbocycles. The van der Waals surface area contributed by atoms with Gasteiger partial charge in [-0.15, -0.1) is 0 Å². The first-order chi connectivity index (χ1) is 10.6. The molecule has 5 heteroatoms. The van der Waals surface area contributed by atoms with Crippen LogP contribution in [0.2, 0.25) is 0 Å². The van der Waals surface area contributed by atoms with Gasteiger partial charge >= 0.3 is 5.97 Å². The molecular formula is C17H19NO4. The van der Waals surface area contributed by atoms with E-state index >= 15 is 0 Å². The minimum atomic E-state index is -0.826. The van der Waals surface area contributed by atoms with Crippen molar-refractivity contribution in [1.29, 1.82) is 0 Å². The summed E-state index contributed by atoms with van der Waals surface area (Å²) >= 11 is 0. The second-order valence-corrected chi connectivity index (χ2v) is 4.82. The monoisotopic (exact) mass is 301 g/mol. The molecule has 5 nitrogen and oxygen atoms in total. The molecule has 2 rings (SSSR count). The average Bonchev–Trinajstić information content (AvgIpc) is 2.53. The van der Waals surface area contributed by atoms with Crippen molar-refractivity contribution < 1.29 is 19.1 Å². The van der Waals surface area contributed by atoms with Crippen LogP contribution in [0, 0.1) is 0 Å². The molecule has 1 amide bonds. The van der Waals surface area contributed by atoms with E-state index in [4.69, 9.17) is 9.47 Å². The van der Waals surface area contributed by atoms with Gasteiger partial charge < -0.3 is 14.8 Å². The average molecular weight is 301 g/mol. The lowest BCUT2D eigenvalue weighted by Gasteiger charge is -2.13. The fourth-order valence-electron chi connectivity index (χ4n) is 2.00. The molecule has 22 heavy (non-hydrogen) atoms. The fourth-order valence-corrected chi connectivity index (χ4v) is 2.00. The third-order valence-corrected chi connectivity index (χ3v) is 3.11. The molecule has 0 aliphatic rings. The van der Waals surface area contributed by atoms with Crippen LogP contribution in [0.1, 0.15) is 13.8 Å². The summed E-state index contributed by atoms with van der Waals surface area (Å²) in [5, 5.41) is 4.72. The van der Waals surface area contributed by atoms with Gasteiger partial charge in [0.2, 0.25) is 0 Å². The van der Waals surface area contributed by atoms with Gasteiger partial charge in [0.15, 0.2) is 12.7 Å². The van der Waals surface area contributed by atoms with Gasteiger partial charge in [-0.1, -0.05) is 30.3 Å². The van der Waals surface area contributed by atoms with Gasteiger partial charge in [0.1, 0.15) is 5.75 Å². The van der Waals surface area contributed by atoms with Crippen LogP contribution >= 0.6 is 0 Å². The van der Waals surface area contributed by atoms with Crippen molar-refractivity contribution in [3.8, 4) is 5.75 Å². The van der Waals surface area contributed by atoms with E-state index in [-0.39, 0.29) is 12.5 Å². The fraction of sp³-hybridized carbons (Fsp3) is 0.294. The Bertz CT molecular complexity index is 669. The molecule has 0 bridgehead atoms. The predicted octanol–water partition coefficient (Wildman–Crippen LogP) is 2.29. The molecule has 116 valence electrons. The van der Waals surface area contributed by atoms with Gasteiger partial charge in [-0.05, 0) is 36.8 Å². The molecule has 0 unspecified atom stereocenters. The lowest BCUT2D eigenvalue weighted by atomic mass is 10.1. The number of hydrogen-bond acceptors (Lipinski definition) is 4. The van der Waals surface area contributed by atoms with Gasteiger partial charge in [0.25, 0.3) is 5.91 Å². The van der Waals surface area contributed by atoms with Crippen LogP contribution in [-0.2, 0) is 14.3 Å². The number of carbonyl (C=O) groups is 2. The molecule has 1 N–H and O–H groups in total. The number of rotatable bonds is 6. The third-order valence-electron chi connectivity index (χ3n) is 3.11. The molecule has 0 heterocycles. The van der Waals surface area contributed by atoms with Crippen LogP contribution in [0.4, 0.5) is 0 Å². The minimum Gasteiger partial charge on any atom is -0.482 e. The molecule has 0 aromatic heterocycles. The van der Waals surface area contributed by atoms with Crippen LogP contribution in [0.15, 0.2) is 42.5 Å². The summed E-state index contributed by atoms with van der Waals surface area (Å²) in [7, 11) is 0. The molecular weight excluding hydrogens is 282 g/mol. The SMILES string of the molecule is CCNC(=O)[C@@H](C)OC(=O)COc1ccc2ccccc2c1. The van der Waals surface area contributed by atoms with Crippen molar-refractivity contribution in [2.24, 2.45) is 0 Å². The standard InChI is InChI=1S/C17H19NO4/c1-3-18-17(20)12(2)22-16(19)11-21-15-9-8-13-6-4-5-7-14(13)10-15/h4-10,12H,3,11H2,1-2H3,(H,18,20)/t12-/m1/s1. The largest absolute Gasteiger partial charge is 0.482 e. The lowest BCUT2D eigenvalue weighted by molar-refractivity contribution is -0.156. The molecule has 0 radical (unpaired) electrons. The summed E-state index contributed by atoms with van der Waals surface area (Å²) in [6, 6.07) is 13.4. The highest BCUT2D eigenvalue weighted by molar-refractivity contribution is 5.84. The predicted molar refractivity (Wildman–Crippen MR) is 83.7 cm³/mol. The van der Waals surface area contributed by atoms with E-state index in [1.54, 1.807) is 13.0 Å². The van der Waals surface area contributed by atoms with Crippen molar-refractivity contribution in [3.63, 3.8) is 0 Å². The Morgan fingerprint density at radius 3 is 2.59 bits per heavy atom. The maximum Gasteiger partial charge on any atom is 0.344 e. The normalized spacial score (nSPS) is 11.7. The number of hydrogen-bond donors (Lipinski definition) is 1. The second kappa shape index (κ2) is 7.45. The van der Waals surface area contributed by atoms with Crippen molar-refractivity contribution in [2.75, 3.05) is 13.2 Å². The summed E-state index contributed by atoms with van der Waals surface area (Å²) in [4.78, 5) is 23.1. The minimum absolute atomic E-state index is 0.234. The van der Waals surface area contributed by atoms with Gasteiger partial charge in [0, 0.05) is 6.54 Å². The zero-order chi connectivity index (χ0) is 15.9. The molecule has 0 saturated heterocycles. The molecule has 2 aromatic carbocycles. The summed E-state index contributed by atoms with van der Waals surface area (Å²) in [5.74, 6) is -0.310. The van der Waals surface area contributed by atoms with Gasteiger partial charge in [-0.25, -0.2) is 4.79 Å². The first kappa shape index (κ1) is 15.8. The van der Waals surface area contributed by atoms with Crippen LogP contribution in [0.3, 0.4) is 0 Å². The topological polar surface area (TPSA) is 64.6 Å². The summed E-state index contributed by atoms with van der Waals surface area (Å²) in [6.45, 7) is 3.59. The van der Waals surface area contributed by atoms with E-state index in [9.17, 15) is 9.59 Å². The molecule has 2 aromatic rings.